The van der Waals surface area contributed by atoms with Gasteiger partial charge in [0.25, 0.3) is 0 Å². The third-order valence-electron chi connectivity index (χ3n) is 6.36. The average molecular weight is 486 g/mol. The minimum atomic E-state index is -4.49. The molecule has 0 fully saturated rings. The Hall–Kier alpha value is -4.13. The van der Waals surface area contributed by atoms with Gasteiger partial charge in [0.15, 0.2) is 5.78 Å². The van der Waals surface area contributed by atoms with Gasteiger partial charge in [-0.25, -0.2) is 9.97 Å². The molecule has 0 radical (unpaired) electrons. The first kappa shape index (κ1) is 23.6. The zero-order valence-electron chi connectivity index (χ0n) is 19.5. The Bertz CT molecular complexity index is 1490. The maximum atomic E-state index is 13.1. The summed E-state index contributed by atoms with van der Waals surface area (Å²) in [6, 6.07) is 14.1. The molecule has 0 spiro atoms. The molecule has 0 aliphatic heterocycles. The van der Waals surface area contributed by atoms with Crippen molar-refractivity contribution >= 4 is 11.9 Å². The molecule has 0 unspecified atom stereocenters. The Balaban J connectivity index is 1.42. The maximum Gasteiger partial charge on any atom is 0.416 e. The quantitative estimate of drug-likeness (QED) is 0.295. The molecule has 0 atom stereocenters. The number of carbonyl (C=O) groups excluding carboxylic acids is 1. The monoisotopic (exact) mass is 485 g/mol. The van der Waals surface area contributed by atoms with Crippen LogP contribution in [-0.2, 0) is 25.4 Å². The van der Waals surface area contributed by atoms with Crippen LogP contribution in [0.5, 0.6) is 0 Å². The zero-order chi connectivity index (χ0) is 25.3. The molecular weight excluding hydrogens is 463 g/mol. The Kier molecular flexibility index (Phi) is 6.22. The molecule has 2 heterocycles. The van der Waals surface area contributed by atoms with Crippen LogP contribution in [0, 0.1) is 6.92 Å². The topological polar surface area (TPSA) is 55.7 Å². The third kappa shape index (κ3) is 4.82. The summed E-state index contributed by atoms with van der Waals surface area (Å²) >= 11 is 0. The fraction of sp³-hybridized carbons (Fsp3) is 0.172. The van der Waals surface area contributed by atoms with Crippen LogP contribution in [0.2, 0.25) is 0 Å². The number of hydrogen-bond acceptors (Lipinski definition) is 4. The van der Waals surface area contributed by atoms with Gasteiger partial charge in [0.05, 0.1) is 22.6 Å². The third-order valence-corrected chi connectivity index (χ3v) is 6.36. The number of alkyl halides is 3. The molecule has 0 amide bonds. The highest BCUT2D eigenvalue weighted by molar-refractivity contribution is 5.97. The van der Waals surface area contributed by atoms with Crippen LogP contribution in [0.25, 0.3) is 17.3 Å². The van der Waals surface area contributed by atoms with Gasteiger partial charge in [0, 0.05) is 42.1 Å². The molecule has 0 N–H and O–H groups in total. The molecule has 1 aliphatic carbocycles. The standard InChI is InChI=1S/C29H22F3N3O/c1-18-10-11-19(14-27(36)20-5-2-6-22(15-20)29(30,31)32)13-21(18)16-26-24(8-4-12-33-26)28-23-7-3-9-25(23)34-17-35-28/h2-8,10-13,15,17H,9,14,16H2,1H3. The number of fused-ring (bicyclic) bond motifs is 1. The summed E-state index contributed by atoms with van der Waals surface area (Å²) in [6.45, 7) is 1.99. The number of Topliss-reactive ketones (excluding diaryl/α,β-unsaturated/α-hetero) is 1. The second-order valence-corrected chi connectivity index (χ2v) is 8.80. The zero-order valence-corrected chi connectivity index (χ0v) is 19.5. The van der Waals surface area contributed by atoms with Crippen LogP contribution in [-0.4, -0.2) is 20.7 Å². The molecule has 2 aromatic carbocycles. The second-order valence-electron chi connectivity index (χ2n) is 8.80. The lowest BCUT2D eigenvalue weighted by Crippen LogP contribution is -2.09. The van der Waals surface area contributed by atoms with Crippen molar-refractivity contribution in [1.29, 1.82) is 0 Å². The molecule has 0 saturated heterocycles. The fourth-order valence-electron chi connectivity index (χ4n) is 4.43. The van der Waals surface area contributed by atoms with Crippen molar-refractivity contribution in [2.45, 2.75) is 32.4 Å². The van der Waals surface area contributed by atoms with Crippen molar-refractivity contribution in [2.24, 2.45) is 0 Å². The van der Waals surface area contributed by atoms with Gasteiger partial charge in [-0.15, -0.1) is 0 Å². The normalized spacial score (nSPS) is 12.6. The van der Waals surface area contributed by atoms with Gasteiger partial charge in [0.1, 0.15) is 6.33 Å². The van der Waals surface area contributed by atoms with Crippen LogP contribution in [0.3, 0.4) is 0 Å². The summed E-state index contributed by atoms with van der Waals surface area (Å²) in [7, 11) is 0. The van der Waals surface area contributed by atoms with Gasteiger partial charge in [-0.3, -0.25) is 9.78 Å². The number of aryl methyl sites for hydroxylation is 1. The van der Waals surface area contributed by atoms with Crippen molar-refractivity contribution < 1.29 is 18.0 Å². The smallest absolute Gasteiger partial charge is 0.294 e. The highest BCUT2D eigenvalue weighted by atomic mass is 19.4. The van der Waals surface area contributed by atoms with E-state index in [2.05, 4.69) is 21.0 Å². The number of benzene rings is 2. The summed E-state index contributed by atoms with van der Waals surface area (Å²) in [5.41, 5.74) is 6.59. The molecule has 0 saturated carbocycles. The summed E-state index contributed by atoms with van der Waals surface area (Å²) < 4.78 is 39.2. The Morgan fingerprint density at radius 1 is 1.00 bits per heavy atom. The number of hydrogen-bond donors (Lipinski definition) is 0. The predicted octanol–water partition coefficient (Wildman–Crippen LogP) is 6.45. The number of aromatic nitrogens is 3. The van der Waals surface area contributed by atoms with Crippen molar-refractivity contribution in [3.63, 3.8) is 0 Å². The highest BCUT2D eigenvalue weighted by Crippen LogP contribution is 2.32. The summed E-state index contributed by atoms with van der Waals surface area (Å²) in [5, 5.41) is 0. The first-order valence-corrected chi connectivity index (χ1v) is 11.5. The van der Waals surface area contributed by atoms with Gasteiger partial charge in [-0.05, 0) is 47.9 Å². The lowest BCUT2D eigenvalue weighted by Gasteiger charge is -2.13. The first-order valence-electron chi connectivity index (χ1n) is 11.5. The summed E-state index contributed by atoms with van der Waals surface area (Å²) in [6.07, 6.45) is 4.23. The number of allylic oxidation sites excluding steroid dienone is 1. The van der Waals surface area contributed by atoms with Crippen molar-refractivity contribution in [3.05, 3.63) is 118 Å². The Labute approximate surface area is 206 Å². The molecule has 7 heteroatoms. The molecule has 1 aliphatic rings. The van der Waals surface area contributed by atoms with Gasteiger partial charge in [-0.1, -0.05) is 42.5 Å². The maximum absolute atomic E-state index is 13.1. The molecule has 5 rings (SSSR count). The predicted molar refractivity (Wildman–Crippen MR) is 131 cm³/mol. The van der Waals surface area contributed by atoms with Crippen LogP contribution in [0.4, 0.5) is 13.2 Å². The largest absolute Gasteiger partial charge is 0.416 e. The van der Waals surface area contributed by atoms with E-state index >= 15 is 0 Å². The number of ketones is 1. The summed E-state index contributed by atoms with van der Waals surface area (Å²) in [4.78, 5) is 26.3. The van der Waals surface area contributed by atoms with E-state index in [9.17, 15) is 18.0 Å². The Morgan fingerprint density at radius 3 is 2.69 bits per heavy atom. The van der Waals surface area contributed by atoms with E-state index in [1.165, 1.54) is 12.1 Å². The van der Waals surface area contributed by atoms with Crippen molar-refractivity contribution in [3.8, 4) is 11.3 Å². The SMILES string of the molecule is Cc1ccc(CC(=O)c2cccc(C(F)(F)F)c2)cc1Cc1ncccc1-c1ncnc2c1C=CC2. The first-order chi connectivity index (χ1) is 17.3. The molecule has 4 nitrogen and oxygen atoms in total. The van der Waals surface area contributed by atoms with E-state index in [0.717, 1.165) is 63.5 Å². The average Bonchev–Trinajstić information content (AvgIpc) is 3.35. The molecule has 4 aromatic rings. The minimum absolute atomic E-state index is 0.00782. The molecule has 0 bridgehead atoms. The number of pyridine rings is 1. The fourth-order valence-corrected chi connectivity index (χ4v) is 4.43. The molecule has 180 valence electrons. The molecule has 2 aromatic heterocycles. The van der Waals surface area contributed by atoms with Gasteiger partial charge in [0.2, 0.25) is 0 Å². The van der Waals surface area contributed by atoms with E-state index in [1.54, 1.807) is 12.5 Å². The Morgan fingerprint density at radius 2 is 1.86 bits per heavy atom. The number of carbonyl (C=O) groups is 1. The number of halogens is 3. The van der Waals surface area contributed by atoms with E-state index in [4.69, 9.17) is 0 Å². The molecular formula is C29H22F3N3O. The second kappa shape index (κ2) is 9.49. The van der Waals surface area contributed by atoms with E-state index in [1.807, 2.05) is 43.3 Å². The van der Waals surface area contributed by atoms with Crippen molar-refractivity contribution in [2.75, 3.05) is 0 Å². The van der Waals surface area contributed by atoms with Crippen LogP contribution < -0.4 is 0 Å². The van der Waals surface area contributed by atoms with Crippen LogP contribution in [0.1, 0.15) is 49.6 Å². The van der Waals surface area contributed by atoms with Gasteiger partial charge >= 0.3 is 6.18 Å². The number of rotatable bonds is 6. The van der Waals surface area contributed by atoms with Gasteiger partial charge < -0.3 is 0 Å². The number of nitrogens with zero attached hydrogens (tertiary/aromatic N) is 3. The lowest BCUT2D eigenvalue weighted by molar-refractivity contribution is -0.137. The van der Waals surface area contributed by atoms with E-state index in [0.29, 0.717) is 6.42 Å². The van der Waals surface area contributed by atoms with E-state index < -0.39 is 11.7 Å². The van der Waals surface area contributed by atoms with E-state index in [-0.39, 0.29) is 17.8 Å². The van der Waals surface area contributed by atoms with Crippen LogP contribution >= 0.6 is 0 Å². The summed E-state index contributed by atoms with van der Waals surface area (Å²) in [5.74, 6) is -0.363. The van der Waals surface area contributed by atoms with Crippen molar-refractivity contribution in [1.82, 2.24) is 15.0 Å². The van der Waals surface area contributed by atoms with Gasteiger partial charge in [-0.2, -0.15) is 13.2 Å². The molecule has 36 heavy (non-hydrogen) atoms. The highest BCUT2D eigenvalue weighted by Gasteiger charge is 2.30. The lowest BCUT2D eigenvalue weighted by atomic mass is 9.94. The van der Waals surface area contributed by atoms with Crippen LogP contribution in [0.15, 0.2) is 73.2 Å². The minimum Gasteiger partial charge on any atom is -0.294 e.